The molecular formula is C17H15F3N2O2. The third-order valence-corrected chi connectivity index (χ3v) is 3.28. The normalized spacial score (nSPS) is 11.0. The molecule has 2 rings (SSSR count). The molecular weight excluding hydrogens is 321 g/mol. The number of hydrogen-bond donors (Lipinski definition) is 2. The van der Waals surface area contributed by atoms with Gasteiger partial charge in [-0.3, -0.25) is 9.59 Å². The largest absolute Gasteiger partial charge is 0.416 e. The summed E-state index contributed by atoms with van der Waals surface area (Å²) < 4.78 is 37.5. The van der Waals surface area contributed by atoms with Crippen LogP contribution in [0.3, 0.4) is 0 Å². The summed E-state index contributed by atoms with van der Waals surface area (Å²) in [4.78, 5) is 23.5. The molecule has 0 aliphatic rings. The lowest BCUT2D eigenvalue weighted by atomic mass is 10.1. The van der Waals surface area contributed by atoms with Crippen molar-refractivity contribution >= 4 is 17.5 Å². The summed E-state index contributed by atoms with van der Waals surface area (Å²) in [6, 6.07) is 10.8. The molecule has 0 saturated carbocycles. The van der Waals surface area contributed by atoms with Gasteiger partial charge in [-0.25, -0.2) is 0 Å². The van der Waals surface area contributed by atoms with Crippen LogP contribution >= 0.6 is 0 Å². The van der Waals surface area contributed by atoms with Gasteiger partial charge in [-0.15, -0.1) is 0 Å². The molecule has 2 amide bonds. The number of halogens is 3. The van der Waals surface area contributed by atoms with Crippen LogP contribution in [0.5, 0.6) is 0 Å². The number of anilines is 1. The van der Waals surface area contributed by atoms with Crippen molar-refractivity contribution in [2.75, 3.05) is 12.4 Å². The second-order valence-corrected chi connectivity index (χ2v) is 5.08. The highest BCUT2D eigenvalue weighted by Crippen LogP contribution is 2.29. The van der Waals surface area contributed by atoms with Gasteiger partial charge < -0.3 is 10.6 Å². The molecule has 2 N–H and O–H groups in total. The molecule has 0 saturated heterocycles. The summed E-state index contributed by atoms with van der Waals surface area (Å²) in [7, 11) is 1.50. The van der Waals surface area contributed by atoms with Gasteiger partial charge in [-0.1, -0.05) is 18.2 Å². The van der Waals surface area contributed by atoms with Crippen LogP contribution in [-0.4, -0.2) is 18.9 Å². The first-order chi connectivity index (χ1) is 11.3. The van der Waals surface area contributed by atoms with E-state index >= 15 is 0 Å². The lowest BCUT2D eigenvalue weighted by Gasteiger charge is -2.09. The topological polar surface area (TPSA) is 58.2 Å². The van der Waals surface area contributed by atoms with Crippen molar-refractivity contribution in [3.8, 4) is 0 Å². The van der Waals surface area contributed by atoms with E-state index in [1.54, 1.807) is 18.2 Å². The predicted molar refractivity (Wildman–Crippen MR) is 83.6 cm³/mol. The fourth-order valence-corrected chi connectivity index (χ4v) is 2.08. The van der Waals surface area contributed by atoms with Crippen LogP contribution in [0.15, 0.2) is 48.5 Å². The molecule has 0 heterocycles. The van der Waals surface area contributed by atoms with E-state index in [1.165, 1.54) is 25.2 Å². The number of carbonyl (C=O) groups excluding carboxylic acids is 2. The molecule has 0 unspecified atom stereocenters. The van der Waals surface area contributed by atoms with Crippen molar-refractivity contribution in [2.24, 2.45) is 0 Å². The summed E-state index contributed by atoms with van der Waals surface area (Å²) in [5, 5.41) is 5.09. The Hall–Kier alpha value is -2.83. The van der Waals surface area contributed by atoms with Gasteiger partial charge in [0, 0.05) is 18.3 Å². The molecule has 4 nitrogen and oxygen atoms in total. The first kappa shape index (κ1) is 17.5. The van der Waals surface area contributed by atoms with Crippen LogP contribution < -0.4 is 10.6 Å². The lowest BCUT2D eigenvalue weighted by Crippen LogP contribution is -2.19. The van der Waals surface area contributed by atoms with Crippen LogP contribution in [0.25, 0.3) is 0 Å². The molecule has 7 heteroatoms. The molecule has 0 aliphatic heterocycles. The number of benzene rings is 2. The molecule has 24 heavy (non-hydrogen) atoms. The maximum atomic E-state index is 12.5. The molecule has 0 radical (unpaired) electrons. The highest BCUT2D eigenvalue weighted by Gasteiger charge is 2.29. The average molecular weight is 336 g/mol. The highest BCUT2D eigenvalue weighted by atomic mass is 19.4. The first-order valence-corrected chi connectivity index (χ1v) is 7.08. The molecule has 0 spiro atoms. The minimum atomic E-state index is -4.40. The van der Waals surface area contributed by atoms with Crippen LogP contribution in [0.4, 0.5) is 18.9 Å². The van der Waals surface area contributed by atoms with Crippen molar-refractivity contribution in [3.05, 3.63) is 65.2 Å². The van der Waals surface area contributed by atoms with Crippen LogP contribution in [0, 0.1) is 0 Å². The minimum Gasteiger partial charge on any atom is -0.355 e. The van der Waals surface area contributed by atoms with Crippen LogP contribution in [-0.2, 0) is 17.4 Å². The van der Waals surface area contributed by atoms with E-state index in [9.17, 15) is 22.8 Å². The van der Waals surface area contributed by atoms with Gasteiger partial charge >= 0.3 is 6.18 Å². The zero-order valence-electron chi connectivity index (χ0n) is 12.8. The molecule has 2 aromatic rings. The standard InChI is InChI=1S/C17H15F3N2O2/c1-21-16(24)12-3-2-4-14(10-12)22-15(23)9-11-5-7-13(8-6-11)17(18,19)20/h2-8,10H,9H2,1H3,(H,21,24)(H,22,23). The number of hydrogen-bond acceptors (Lipinski definition) is 2. The fraction of sp³-hybridized carbons (Fsp3) is 0.176. The maximum absolute atomic E-state index is 12.5. The van der Waals surface area contributed by atoms with E-state index in [0.29, 0.717) is 16.8 Å². The van der Waals surface area contributed by atoms with Crippen molar-refractivity contribution in [3.63, 3.8) is 0 Å². The Morgan fingerprint density at radius 2 is 1.71 bits per heavy atom. The SMILES string of the molecule is CNC(=O)c1cccc(NC(=O)Cc2ccc(C(F)(F)F)cc2)c1. The number of nitrogens with one attached hydrogen (secondary N) is 2. The molecule has 0 aliphatic carbocycles. The lowest BCUT2D eigenvalue weighted by molar-refractivity contribution is -0.137. The summed E-state index contributed by atoms with van der Waals surface area (Å²) in [5.74, 6) is -0.669. The number of rotatable bonds is 4. The van der Waals surface area contributed by atoms with E-state index in [4.69, 9.17) is 0 Å². The van der Waals surface area contributed by atoms with Gasteiger partial charge in [0.1, 0.15) is 0 Å². The second kappa shape index (κ2) is 7.16. The third kappa shape index (κ3) is 4.58. The van der Waals surface area contributed by atoms with Gasteiger partial charge in [0.15, 0.2) is 0 Å². The first-order valence-electron chi connectivity index (χ1n) is 7.08. The number of amides is 2. The Balaban J connectivity index is 2.02. The van der Waals surface area contributed by atoms with E-state index in [2.05, 4.69) is 10.6 Å². The van der Waals surface area contributed by atoms with Gasteiger partial charge in [-0.2, -0.15) is 13.2 Å². The molecule has 126 valence electrons. The average Bonchev–Trinajstić information content (AvgIpc) is 2.54. The third-order valence-electron chi connectivity index (χ3n) is 3.28. The quantitative estimate of drug-likeness (QED) is 0.900. The van der Waals surface area contributed by atoms with Crippen molar-refractivity contribution in [1.29, 1.82) is 0 Å². The van der Waals surface area contributed by atoms with Crippen LogP contribution in [0.2, 0.25) is 0 Å². The smallest absolute Gasteiger partial charge is 0.355 e. The minimum absolute atomic E-state index is 0.0671. The summed E-state index contributed by atoms with van der Waals surface area (Å²) >= 11 is 0. The highest BCUT2D eigenvalue weighted by molar-refractivity contribution is 5.97. The molecule has 2 aromatic carbocycles. The Bertz CT molecular complexity index is 740. The fourth-order valence-electron chi connectivity index (χ4n) is 2.08. The van der Waals surface area contributed by atoms with Gasteiger partial charge in [0.05, 0.1) is 12.0 Å². The Kier molecular flexibility index (Phi) is 5.23. The van der Waals surface area contributed by atoms with E-state index in [0.717, 1.165) is 12.1 Å². The summed E-state index contributed by atoms with van der Waals surface area (Å²) in [5.41, 5.74) is 0.533. The zero-order chi connectivity index (χ0) is 17.7. The van der Waals surface area contributed by atoms with E-state index < -0.39 is 11.7 Å². The van der Waals surface area contributed by atoms with Crippen molar-refractivity contribution in [2.45, 2.75) is 12.6 Å². The number of alkyl halides is 3. The molecule has 0 bridgehead atoms. The molecule has 0 fully saturated rings. The summed E-state index contributed by atoms with van der Waals surface area (Å²) in [6.07, 6.45) is -4.47. The zero-order valence-corrected chi connectivity index (χ0v) is 12.8. The van der Waals surface area contributed by atoms with Gasteiger partial charge in [0.2, 0.25) is 5.91 Å². The monoisotopic (exact) mass is 336 g/mol. The summed E-state index contributed by atoms with van der Waals surface area (Å²) in [6.45, 7) is 0. The number of carbonyl (C=O) groups is 2. The Labute approximate surface area is 136 Å². The van der Waals surface area contributed by atoms with Gasteiger partial charge in [0.25, 0.3) is 5.91 Å². The predicted octanol–water partition coefficient (Wildman–Crippen LogP) is 3.25. The maximum Gasteiger partial charge on any atom is 0.416 e. The van der Waals surface area contributed by atoms with E-state index in [1.807, 2.05) is 0 Å². The van der Waals surface area contributed by atoms with Gasteiger partial charge in [-0.05, 0) is 35.9 Å². The molecule has 0 aromatic heterocycles. The second-order valence-electron chi connectivity index (χ2n) is 5.08. The molecule has 0 atom stereocenters. The van der Waals surface area contributed by atoms with E-state index in [-0.39, 0.29) is 18.2 Å². The Morgan fingerprint density at radius 1 is 1.04 bits per heavy atom. The Morgan fingerprint density at radius 3 is 2.29 bits per heavy atom. The van der Waals surface area contributed by atoms with Crippen LogP contribution in [0.1, 0.15) is 21.5 Å². The van der Waals surface area contributed by atoms with Crippen molar-refractivity contribution in [1.82, 2.24) is 5.32 Å². The van der Waals surface area contributed by atoms with Crippen molar-refractivity contribution < 1.29 is 22.8 Å².